The van der Waals surface area contributed by atoms with E-state index in [9.17, 15) is 8.42 Å². The monoisotopic (exact) mass is 388 g/mol. The molecule has 0 aliphatic heterocycles. The van der Waals surface area contributed by atoms with Crippen LogP contribution in [0.4, 0.5) is 5.95 Å². The third-order valence-electron chi connectivity index (χ3n) is 3.68. The molecule has 0 aliphatic rings. The molecule has 9 nitrogen and oxygen atoms in total. The summed E-state index contributed by atoms with van der Waals surface area (Å²) in [4.78, 5) is 8.10. The van der Waals surface area contributed by atoms with Crippen LogP contribution in [-0.2, 0) is 14.8 Å². The minimum Gasteiger partial charge on any atom is -0.372 e. The van der Waals surface area contributed by atoms with Gasteiger partial charge in [0.05, 0.1) is 5.02 Å². The number of hydrogen-bond acceptors (Lipinski definition) is 7. The second-order valence-corrected chi connectivity index (χ2v) is 8.28. The minimum absolute atomic E-state index is 0.000766. The number of hydrogen-bond donors (Lipinski definition) is 1. The highest BCUT2D eigenvalue weighted by atomic mass is 35.5. The van der Waals surface area contributed by atoms with Gasteiger partial charge in [-0.25, -0.2) is 18.4 Å². The molecule has 0 fully saturated rings. The number of ether oxygens (including phenoxy) is 1. The van der Waals surface area contributed by atoms with Crippen molar-refractivity contribution in [2.24, 2.45) is 0 Å². The standard InChI is InChI=1S/C14H21ClN6O3S/c1-8(2)21-10(4)18-19-14(21)20-25(22,23)9(3)12(24-5)13-16-6-11(15)7-17-13/h6-9,12H,1-5H3,(H,19,20)/t9-,12-/m0/s1. The molecule has 0 aromatic carbocycles. The van der Waals surface area contributed by atoms with Gasteiger partial charge in [-0.2, -0.15) is 0 Å². The zero-order valence-corrected chi connectivity index (χ0v) is 16.2. The lowest BCUT2D eigenvalue weighted by Crippen LogP contribution is -2.33. The molecule has 0 amide bonds. The van der Waals surface area contributed by atoms with E-state index in [1.165, 1.54) is 26.4 Å². The smallest absolute Gasteiger partial charge is 0.240 e. The van der Waals surface area contributed by atoms with E-state index in [0.29, 0.717) is 10.8 Å². The number of nitrogens with zero attached hydrogens (tertiary/aromatic N) is 5. The highest BCUT2D eigenvalue weighted by Gasteiger charge is 2.34. The predicted molar refractivity (Wildman–Crippen MR) is 93.9 cm³/mol. The number of sulfonamides is 1. The molecule has 138 valence electrons. The van der Waals surface area contributed by atoms with Crippen LogP contribution < -0.4 is 4.72 Å². The number of rotatable bonds is 7. The van der Waals surface area contributed by atoms with E-state index in [0.717, 1.165) is 0 Å². The molecule has 25 heavy (non-hydrogen) atoms. The summed E-state index contributed by atoms with van der Waals surface area (Å²) in [6, 6.07) is 0.000766. The molecule has 0 unspecified atom stereocenters. The maximum absolute atomic E-state index is 12.8. The van der Waals surface area contributed by atoms with Gasteiger partial charge < -0.3 is 4.74 Å². The predicted octanol–water partition coefficient (Wildman–Crippen LogP) is 2.13. The molecule has 0 radical (unpaired) electrons. The van der Waals surface area contributed by atoms with Crippen molar-refractivity contribution in [1.82, 2.24) is 24.7 Å². The van der Waals surface area contributed by atoms with E-state index in [1.54, 1.807) is 11.5 Å². The molecular formula is C14H21ClN6O3S. The molecule has 0 spiro atoms. The van der Waals surface area contributed by atoms with Crippen molar-refractivity contribution in [3.63, 3.8) is 0 Å². The SMILES string of the molecule is CO[C@H](c1ncc(Cl)cn1)[C@H](C)S(=O)(=O)Nc1nnc(C)n1C(C)C. The fourth-order valence-corrected chi connectivity index (χ4v) is 3.65. The number of nitrogens with one attached hydrogen (secondary N) is 1. The van der Waals surface area contributed by atoms with Crippen LogP contribution in [0.5, 0.6) is 0 Å². The van der Waals surface area contributed by atoms with Crippen LogP contribution in [0.3, 0.4) is 0 Å². The third-order valence-corrected chi connectivity index (χ3v) is 5.57. The van der Waals surface area contributed by atoms with Gasteiger partial charge in [0.2, 0.25) is 16.0 Å². The largest absolute Gasteiger partial charge is 0.372 e. The lowest BCUT2D eigenvalue weighted by molar-refractivity contribution is 0.0950. The summed E-state index contributed by atoms with van der Waals surface area (Å²) in [5.41, 5.74) is 0. The average Bonchev–Trinajstić information content (AvgIpc) is 2.89. The van der Waals surface area contributed by atoms with Gasteiger partial charge in [0.15, 0.2) is 5.82 Å². The summed E-state index contributed by atoms with van der Waals surface area (Å²) < 4.78 is 35.0. The summed E-state index contributed by atoms with van der Waals surface area (Å²) in [5, 5.41) is 7.22. The molecular weight excluding hydrogens is 368 g/mol. The third kappa shape index (κ3) is 4.25. The lowest BCUT2D eigenvalue weighted by Gasteiger charge is -2.22. The molecule has 0 bridgehead atoms. The maximum Gasteiger partial charge on any atom is 0.240 e. The summed E-state index contributed by atoms with van der Waals surface area (Å²) in [6.07, 6.45) is 1.91. The zero-order chi connectivity index (χ0) is 18.8. The van der Waals surface area contributed by atoms with Gasteiger partial charge in [-0.3, -0.25) is 9.29 Å². The van der Waals surface area contributed by atoms with E-state index >= 15 is 0 Å². The van der Waals surface area contributed by atoms with Crippen LogP contribution in [0.2, 0.25) is 5.02 Å². The van der Waals surface area contributed by atoms with Gasteiger partial charge >= 0.3 is 0 Å². The number of aryl methyl sites for hydroxylation is 1. The normalized spacial score (nSPS) is 14.5. The molecule has 0 aliphatic carbocycles. The van der Waals surface area contributed by atoms with Gasteiger partial charge in [-0.05, 0) is 27.7 Å². The van der Waals surface area contributed by atoms with Crippen LogP contribution in [0.1, 0.15) is 44.6 Å². The number of aromatic nitrogens is 5. The average molecular weight is 389 g/mol. The second kappa shape index (κ2) is 7.63. The first-order valence-electron chi connectivity index (χ1n) is 7.60. The molecule has 0 saturated carbocycles. The van der Waals surface area contributed by atoms with Crippen LogP contribution in [-0.4, -0.2) is 45.5 Å². The fraction of sp³-hybridized carbons (Fsp3) is 0.571. The molecule has 2 rings (SSSR count). The number of halogens is 1. The van der Waals surface area contributed by atoms with Crippen molar-refractivity contribution >= 4 is 27.6 Å². The topological polar surface area (TPSA) is 112 Å². The summed E-state index contributed by atoms with van der Waals surface area (Å²) in [5.74, 6) is 1.00. The Hall–Kier alpha value is -1.78. The highest BCUT2D eigenvalue weighted by Crippen LogP contribution is 2.25. The van der Waals surface area contributed by atoms with E-state index < -0.39 is 21.4 Å². The Bertz CT molecular complexity index is 822. The van der Waals surface area contributed by atoms with Crippen molar-refractivity contribution in [1.29, 1.82) is 0 Å². The van der Waals surface area contributed by atoms with Crippen molar-refractivity contribution in [3.8, 4) is 0 Å². The molecule has 0 saturated heterocycles. The molecule has 2 aromatic rings. The van der Waals surface area contributed by atoms with Crippen LogP contribution in [0.15, 0.2) is 12.4 Å². The van der Waals surface area contributed by atoms with E-state index in [-0.39, 0.29) is 17.8 Å². The van der Waals surface area contributed by atoms with Crippen LogP contribution in [0.25, 0.3) is 0 Å². The second-order valence-electron chi connectivity index (χ2n) is 5.80. The number of anilines is 1. The van der Waals surface area contributed by atoms with E-state index in [2.05, 4.69) is 24.9 Å². The summed E-state index contributed by atoms with van der Waals surface area (Å²) in [6.45, 7) is 7.10. The maximum atomic E-state index is 12.8. The molecule has 2 aromatic heterocycles. The molecule has 1 N–H and O–H groups in total. The fourth-order valence-electron chi connectivity index (χ4n) is 2.42. The molecule has 2 heterocycles. The Balaban J connectivity index is 2.30. The Labute approximate surface area is 151 Å². The molecule has 11 heteroatoms. The Morgan fingerprint density at radius 3 is 2.32 bits per heavy atom. The first kappa shape index (κ1) is 19.5. The van der Waals surface area contributed by atoms with Crippen LogP contribution >= 0.6 is 11.6 Å². The quantitative estimate of drug-likeness (QED) is 0.772. The Morgan fingerprint density at radius 2 is 1.80 bits per heavy atom. The van der Waals surface area contributed by atoms with Gasteiger partial charge in [-0.15, -0.1) is 10.2 Å². The van der Waals surface area contributed by atoms with Crippen LogP contribution in [0, 0.1) is 6.92 Å². The van der Waals surface area contributed by atoms with Crippen molar-refractivity contribution in [3.05, 3.63) is 29.1 Å². The van der Waals surface area contributed by atoms with Gasteiger partial charge in [-0.1, -0.05) is 11.6 Å². The summed E-state index contributed by atoms with van der Waals surface area (Å²) >= 11 is 5.77. The number of methoxy groups -OCH3 is 1. The van der Waals surface area contributed by atoms with Gasteiger partial charge in [0, 0.05) is 25.5 Å². The summed E-state index contributed by atoms with van der Waals surface area (Å²) in [7, 11) is -2.44. The highest BCUT2D eigenvalue weighted by molar-refractivity contribution is 7.93. The van der Waals surface area contributed by atoms with Crippen molar-refractivity contribution in [2.45, 2.75) is 45.1 Å². The minimum atomic E-state index is -3.84. The lowest BCUT2D eigenvalue weighted by atomic mass is 10.2. The van der Waals surface area contributed by atoms with Crippen molar-refractivity contribution < 1.29 is 13.2 Å². The first-order valence-corrected chi connectivity index (χ1v) is 9.53. The Morgan fingerprint density at radius 1 is 1.20 bits per heavy atom. The van der Waals surface area contributed by atoms with E-state index in [1.807, 2.05) is 13.8 Å². The van der Waals surface area contributed by atoms with E-state index in [4.69, 9.17) is 16.3 Å². The Kier molecular flexibility index (Phi) is 5.96. The zero-order valence-electron chi connectivity index (χ0n) is 14.6. The van der Waals surface area contributed by atoms with Gasteiger partial charge in [0.1, 0.15) is 17.2 Å². The van der Waals surface area contributed by atoms with Gasteiger partial charge in [0.25, 0.3) is 0 Å². The first-order chi connectivity index (χ1) is 11.7. The molecule has 2 atom stereocenters. The van der Waals surface area contributed by atoms with Crippen molar-refractivity contribution in [2.75, 3.05) is 11.8 Å².